The molecule has 0 spiro atoms. The second-order valence-electron chi connectivity index (χ2n) is 7.17. The van der Waals surface area contributed by atoms with Gasteiger partial charge < -0.3 is 14.5 Å². The Kier molecular flexibility index (Phi) is 4.97. The molecule has 9 heteroatoms. The summed E-state index contributed by atoms with van der Waals surface area (Å²) in [6.07, 6.45) is 5.16. The van der Waals surface area contributed by atoms with Gasteiger partial charge in [-0.05, 0) is 25.0 Å². The normalized spacial score (nSPS) is 17.9. The fourth-order valence-corrected chi connectivity index (χ4v) is 4.05. The van der Waals surface area contributed by atoms with Crippen molar-refractivity contribution in [1.29, 1.82) is 0 Å². The Morgan fingerprint density at radius 2 is 1.79 bits per heavy atom. The molecule has 1 aliphatic carbocycles. The summed E-state index contributed by atoms with van der Waals surface area (Å²) in [5.41, 5.74) is 0.634. The Bertz CT molecular complexity index is 958. The van der Waals surface area contributed by atoms with Crippen LogP contribution in [0.2, 0.25) is 0 Å². The number of carbonyl (C=O) groups excluding carboxylic acids is 2. The molecular weight excluding hydrogens is 362 g/mol. The molecule has 2 amide bonds. The number of aromatic nitrogens is 3. The van der Waals surface area contributed by atoms with Gasteiger partial charge in [0, 0.05) is 38.4 Å². The van der Waals surface area contributed by atoms with E-state index in [9.17, 15) is 14.4 Å². The molecule has 1 aliphatic heterocycles. The van der Waals surface area contributed by atoms with Crippen LogP contribution in [0.1, 0.15) is 42.2 Å². The van der Waals surface area contributed by atoms with Crippen LogP contribution in [0, 0.1) is 0 Å². The van der Waals surface area contributed by atoms with E-state index in [0.717, 1.165) is 25.7 Å². The first-order chi connectivity index (χ1) is 13.6. The third-order valence-electron chi connectivity index (χ3n) is 5.54. The van der Waals surface area contributed by atoms with Crippen LogP contribution in [0.3, 0.4) is 0 Å². The van der Waals surface area contributed by atoms with E-state index in [1.54, 1.807) is 32.7 Å². The van der Waals surface area contributed by atoms with E-state index < -0.39 is 12.0 Å². The van der Waals surface area contributed by atoms with Gasteiger partial charge in [0.15, 0.2) is 11.3 Å². The molecule has 0 N–H and O–H groups in total. The highest BCUT2D eigenvalue weighted by Gasteiger charge is 2.30. The molecule has 0 radical (unpaired) electrons. The number of carbonyl (C=O) groups is 2. The molecule has 2 aliphatic rings. The van der Waals surface area contributed by atoms with Gasteiger partial charge in [0.05, 0.1) is 7.11 Å². The van der Waals surface area contributed by atoms with Crippen molar-refractivity contribution in [3.05, 3.63) is 34.4 Å². The molecule has 4 rings (SSSR count). The molecule has 2 aromatic rings. The van der Waals surface area contributed by atoms with Gasteiger partial charge in [-0.2, -0.15) is 0 Å². The number of piperazine rings is 1. The quantitative estimate of drug-likeness (QED) is 0.776. The van der Waals surface area contributed by atoms with E-state index in [-0.39, 0.29) is 17.3 Å². The highest BCUT2D eigenvalue weighted by atomic mass is 16.5. The van der Waals surface area contributed by atoms with Gasteiger partial charge in [0.25, 0.3) is 11.5 Å². The number of rotatable bonds is 2. The maximum absolute atomic E-state index is 13.2. The third kappa shape index (κ3) is 3.21. The molecule has 148 valence electrons. The minimum Gasteiger partial charge on any atom is -0.453 e. The van der Waals surface area contributed by atoms with Gasteiger partial charge in [-0.3, -0.25) is 14.2 Å². The number of ether oxygens (including phenoxy) is 1. The van der Waals surface area contributed by atoms with Crippen molar-refractivity contribution in [2.45, 2.75) is 31.7 Å². The molecule has 2 aromatic heterocycles. The molecule has 2 fully saturated rings. The lowest BCUT2D eigenvalue weighted by Crippen LogP contribution is -2.51. The van der Waals surface area contributed by atoms with Crippen LogP contribution in [0.25, 0.3) is 11.2 Å². The molecule has 1 saturated carbocycles. The predicted octanol–water partition coefficient (Wildman–Crippen LogP) is 1.43. The maximum atomic E-state index is 13.2. The molecule has 0 unspecified atom stereocenters. The van der Waals surface area contributed by atoms with Gasteiger partial charge in [0.1, 0.15) is 5.52 Å². The Morgan fingerprint density at radius 3 is 2.46 bits per heavy atom. The first-order valence-corrected chi connectivity index (χ1v) is 9.59. The van der Waals surface area contributed by atoms with Gasteiger partial charge in [-0.1, -0.05) is 12.8 Å². The van der Waals surface area contributed by atoms with E-state index in [1.165, 1.54) is 7.11 Å². The van der Waals surface area contributed by atoms with Crippen LogP contribution in [0.4, 0.5) is 4.79 Å². The van der Waals surface area contributed by atoms with Crippen molar-refractivity contribution in [2.75, 3.05) is 33.3 Å². The van der Waals surface area contributed by atoms with Gasteiger partial charge in [0.2, 0.25) is 0 Å². The van der Waals surface area contributed by atoms with Crippen LogP contribution in [0.5, 0.6) is 0 Å². The summed E-state index contributed by atoms with van der Waals surface area (Å²) >= 11 is 0. The summed E-state index contributed by atoms with van der Waals surface area (Å²) in [5.74, 6) is -0.396. The summed E-state index contributed by atoms with van der Waals surface area (Å²) < 4.78 is 6.38. The first-order valence-electron chi connectivity index (χ1n) is 9.59. The number of amides is 2. The molecule has 9 nitrogen and oxygen atoms in total. The van der Waals surface area contributed by atoms with Crippen molar-refractivity contribution < 1.29 is 14.3 Å². The average molecular weight is 385 g/mol. The summed E-state index contributed by atoms with van der Waals surface area (Å²) in [7, 11) is 1.33. The molecule has 3 heterocycles. The van der Waals surface area contributed by atoms with Crippen LogP contribution < -0.4 is 5.56 Å². The van der Waals surface area contributed by atoms with Crippen molar-refractivity contribution in [2.24, 2.45) is 0 Å². The van der Waals surface area contributed by atoms with Crippen LogP contribution in [-0.4, -0.2) is 69.6 Å². The van der Waals surface area contributed by atoms with E-state index in [0.29, 0.717) is 37.3 Å². The number of hydrogen-bond acceptors (Lipinski definition) is 6. The summed E-state index contributed by atoms with van der Waals surface area (Å²) in [6.45, 7) is 1.40. The number of pyridine rings is 1. The second kappa shape index (κ2) is 7.57. The summed E-state index contributed by atoms with van der Waals surface area (Å²) in [4.78, 5) is 49.7. The minimum absolute atomic E-state index is 0.0515. The number of hydrogen-bond donors (Lipinski definition) is 0. The van der Waals surface area contributed by atoms with E-state index in [2.05, 4.69) is 9.97 Å². The lowest BCUT2D eigenvalue weighted by molar-refractivity contribution is 0.0592. The SMILES string of the molecule is COC(=O)N1CCN(C(=O)c2nc3cccnc3n(C3CCCC3)c2=O)CC1. The zero-order chi connectivity index (χ0) is 19.7. The zero-order valence-corrected chi connectivity index (χ0v) is 15.8. The molecular formula is C19H23N5O4. The molecule has 0 aromatic carbocycles. The van der Waals surface area contributed by atoms with Crippen LogP contribution in [0.15, 0.2) is 23.1 Å². The second-order valence-corrected chi connectivity index (χ2v) is 7.17. The Morgan fingerprint density at radius 1 is 1.11 bits per heavy atom. The highest BCUT2D eigenvalue weighted by Crippen LogP contribution is 2.30. The van der Waals surface area contributed by atoms with E-state index in [4.69, 9.17) is 4.74 Å². The first kappa shape index (κ1) is 18.4. The highest BCUT2D eigenvalue weighted by molar-refractivity contribution is 5.93. The standard InChI is InChI=1S/C19H23N5O4/c1-28-19(27)23-11-9-22(10-12-23)17(25)15-18(26)24(13-5-2-3-6-13)16-14(21-15)7-4-8-20-16/h4,7-8,13H,2-3,5-6,9-12H2,1H3. The van der Waals surface area contributed by atoms with Gasteiger partial charge >= 0.3 is 6.09 Å². The predicted molar refractivity (Wildman–Crippen MR) is 101 cm³/mol. The average Bonchev–Trinajstić information content (AvgIpc) is 3.26. The maximum Gasteiger partial charge on any atom is 0.409 e. The lowest BCUT2D eigenvalue weighted by Gasteiger charge is -2.33. The van der Waals surface area contributed by atoms with Crippen molar-refractivity contribution in [1.82, 2.24) is 24.3 Å². The Balaban J connectivity index is 1.67. The number of nitrogens with zero attached hydrogens (tertiary/aromatic N) is 5. The summed E-state index contributed by atoms with van der Waals surface area (Å²) in [5, 5.41) is 0. The van der Waals surface area contributed by atoms with Crippen LogP contribution >= 0.6 is 0 Å². The number of fused-ring (bicyclic) bond motifs is 1. The van der Waals surface area contributed by atoms with Gasteiger partial charge in [-0.15, -0.1) is 0 Å². The smallest absolute Gasteiger partial charge is 0.409 e. The minimum atomic E-state index is -0.411. The van der Waals surface area contributed by atoms with Crippen molar-refractivity contribution >= 4 is 23.2 Å². The third-order valence-corrected chi connectivity index (χ3v) is 5.54. The topological polar surface area (TPSA) is 97.6 Å². The molecule has 1 saturated heterocycles. The molecule has 0 atom stereocenters. The van der Waals surface area contributed by atoms with Gasteiger partial charge in [-0.25, -0.2) is 14.8 Å². The van der Waals surface area contributed by atoms with Crippen molar-refractivity contribution in [3.8, 4) is 0 Å². The Labute approximate surface area is 161 Å². The fourth-order valence-electron chi connectivity index (χ4n) is 4.05. The molecule has 0 bridgehead atoms. The monoisotopic (exact) mass is 385 g/mol. The summed E-state index contributed by atoms with van der Waals surface area (Å²) in [6, 6.07) is 3.58. The zero-order valence-electron chi connectivity index (χ0n) is 15.8. The fraction of sp³-hybridized carbons (Fsp3) is 0.526. The van der Waals surface area contributed by atoms with Crippen molar-refractivity contribution in [3.63, 3.8) is 0 Å². The van der Waals surface area contributed by atoms with E-state index >= 15 is 0 Å². The molecule has 28 heavy (non-hydrogen) atoms. The van der Waals surface area contributed by atoms with Crippen LogP contribution in [-0.2, 0) is 4.74 Å². The van der Waals surface area contributed by atoms with E-state index in [1.807, 2.05) is 0 Å². The number of methoxy groups -OCH3 is 1. The Hall–Kier alpha value is -2.97. The largest absolute Gasteiger partial charge is 0.453 e. The lowest BCUT2D eigenvalue weighted by atomic mass is 10.2.